The van der Waals surface area contributed by atoms with Crippen LogP contribution in [0.2, 0.25) is 0 Å². The second kappa shape index (κ2) is 39.1. The van der Waals surface area contributed by atoms with E-state index in [0.29, 0.717) is 32.1 Å². The van der Waals surface area contributed by atoms with Crippen molar-refractivity contribution < 1.29 is 71.4 Å². The van der Waals surface area contributed by atoms with Crippen LogP contribution >= 0.6 is 15.6 Å². The number of hydrogen-bond donors (Lipinski definition) is 6. The number of carbonyl (C=O) groups excluding carboxylic acids is 2. The van der Waals surface area contributed by atoms with Gasteiger partial charge < -0.3 is 45.1 Å². The second-order valence-corrected chi connectivity index (χ2v) is 20.2. The number of allylic oxidation sites excluding steroid dienone is 14. The average molecular weight is 1070 g/mol. The standard InChI is InChI=1S/C52H81N3O16P2/c1-3-5-7-8-9-10-11-12-13-14-15-16-21-24-27-30-33-37-48(58)69-44(40-66-47(57)36-32-29-26-23-20-18-17-19-22-25-28-31-35-43(56)34-6-4-2)41-67-72(62,63)71-73(64,65)68-42-45-49(59)50(60)51(70-45)55-39-38-46(53)54-52(55)61/h6,9-10,12-13,15-18,22-23,25-26,28,31,34,38-39,43-45,49-51,56,59-60H,3-5,7-8,11,14,19-21,24,27,29-30,32-33,35-37,40-42H2,1-2H3,(H,62,63)(H,64,65)(H2,53,54,61)/b10-9-,13-12-,16-15-,18-17-,25-22-,26-23-,31-28+,34-6-/t43?,44-,45-,49-,50-,51-/m1/s1. The van der Waals surface area contributed by atoms with E-state index in [-0.39, 0.29) is 18.7 Å². The fourth-order valence-corrected chi connectivity index (χ4v) is 8.90. The first-order chi connectivity index (χ1) is 35.1. The molecule has 1 aliphatic heterocycles. The number of esters is 2. The van der Waals surface area contributed by atoms with Crippen molar-refractivity contribution in [3.63, 3.8) is 0 Å². The zero-order chi connectivity index (χ0) is 53.6. The monoisotopic (exact) mass is 1070 g/mol. The maximum Gasteiger partial charge on any atom is 0.481 e. The van der Waals surface area contributed by atoms with E-state index in [4.69, 9.17) is 29.0 Å². The van der Waals surface area contributed by atoms with Gasteiger partial charge in [-0.3, -0.25) is 23.2 Å². The van der Waals surface area contributed by atoms with Crippen molar-refractivity contribution in [3.05, 3.63) is 120 Å². The fourth-order valence-electron chi connectivity index (χ4n) is 6.79. The van der Waals surface area contributed by atoms with Gasteiger partial charge in [-0.05, 0) is 89.5 Å². The van der Waals surface area contributed by atoms with Crippen molar-refractivity contribution in [2.45, 2.75) is 173 Å². The molecule has 410 valence electrons. The third-order valence-electron chi connectivity index (χ3n) is 10.7. The molecule has 7 N–H and O–H groups in total. The van der Waals surface area contributed by atoms with Gasteiger partial charge in [-0.1, -0.05) is 137 Å². The van der Waals surface area contributed by atoms with Gasteiger partial charge in [0, 0.05) is 19.0 Å². The van der Waals surface area contributed by atoms with Gasteiger partial charge in [-0.15, -0.1) is 0 Å². The van der Waals surface area contributed by atoms with Crippen LogP contribution in [-0.4, -0.2) is 96.9 Å². The number of nitrogens with two attached hydrogens (primary N) is 1. The number of carbonyl (C=O) groups is 2. The number of phosphoric acid groups is 2. The topological polar surface area (TPSA) is 286 Å². The maximum atomic E-state index is 12.9. The molecule has 0 radical (unpaired) electrons. The van der Waals surface area contributed by atoms with Gasteiger partial charge in [-0.2, -0.15) is 9.29 Å². The summed E-state index contributed by atoms with van der Waals surface area (Å²) >= 11 is 0. The summed E-state index contributed by atoms with van der Waals surface area (Å²) in [7, 11) is -10.9. The smallest absolute Gasteiger partial charge is 0.462 e. The van der Waals surface area contributed by atoms with E-state index in [1.165, 1.54) is 25.3 Å². The number of rotatable bonds is 40. The summed E-state index contributed by atoms with van der Waals surface area (Å²) in [6, 6.07) is 1.24. The summed E-state index contributed by atoms with van der Waals surface area (Å²) in [4.78, 5) is 61.9. The van der Waals surface area contributed by atoms with Crippen molar-refractivity contribution in [2.75, 3.05) is 25.6 Å². The van der Waals surface area contributed by atoms with E-state index < -0.39 is 89.8 Å². The molecule has 3 unspecified atom stereocenters. The van der Waals surface area contributed by atoms with E-state index >= 15 is 0 Å². The molecule has 2 rings (SSSR count). The number of aromatic nitrogens is 2. The van der Waals surface area contributed by atoms with Gasteiger partial charge in [0.1, 0.15) is 30.7 Å². The molecule has 0 spiro atoms. The van der Waals surface area contributed by atoms with E-state index in [2.05, 4.69) is 52.7 Å². The summed E-state index contributed by atoms with van der Waals surface area (Å²) in [5.74, 6) is -1.43. The molecule has 8 atom stereocenters. The van der Waals surface area contributed by atoms with E-state index in [1.54, 1.807) is 6.08 Å². The Morgan fingerprint density at radius 2 is 1.32 bits per heavy atom. The Hall–Kier alpha value is -4.36. The lowest BCUT2D eigenvalue weighted by Crippen LogP contribution is -2.36. The SMILES string of the molecule is CC/C=C\C(O)C/C=C/C=C\C/C=C\C/C=C\CCCC(=O)OC[C@H](COP(=O)(O)OP(=O)(O)OC[C@H]1O[C@@H](n2ccc(N)nc2=O)[C@H](O)[C@@H]1O)OC(=O)CCCCCC/C=C\C/C=C\C/C=C\CCCCC. The highest BCUT2D eigenvalue weighted by molar-refractivity contribution is 7.61. The number of anilines is 1. The molecular weight excluding hydrogens is 985 g/mol. The van der Waals surface area contributed by atoms with Gasteiger partial charge in [0.25, 0.3) is 0 Å². The quantitative estimate of drug-likeness (QED) is 0.0117. The van der Waals surface area contributed by atoms with Crippen LogP contribution in [-0.2, 0) is 46.3 Å². The molecule has 1 fully saturated rings. The summed E-state index contributed by atoms with van der Waals surface area (Å²) in [6.45, 7) is 1.79. The number of nitrogens with zero attached hydrogens (tertiary/aromatic N) is 2. The first-order valence-electron chi connectivity index (χ1n) is 25.4. The largest absolute Gasteiger partial charge is 0.481 e. The first kappa shape index (κ1) is 64.8. The zero-order valence-corrected chi connectivity index (χ0v) is 44.3. The molecule has 0 bridgehead atoms. The van der Waals surface area contributed by atoms with Crippen molar-refractivity contribution in [1.29, 1.82) is 0 Å². The van der Waals surface area contributed by atoms with Crippen LogP contribution in [0.4, 0.5) is 5.82 Å². The van der Waals surface area contributed by atoms with Crippen LogP contribution in [0.1, 0.15) is 142 Å². The summed E-state index contributed by atoms with van der Waals surface area (Å²) < 4.78 is 56.7. The number of aliphatic hydroxyl groups excluding tert-OH is 3. The summed E-state index contributed by atoms with van der Waals surface area (Å²) in [5, 5.41) is 30.7. The Kier molecular flexibility index (Phi) is 34.7. The molecular formula is C52H81N3O16P2. The molecule has 1 aromatic rings. The molecule has 73 heavy (non-hydrogen) atoms. The van der Waals surface area contributed by atoms with Gasteiger partial charge >= 0.3 is 33.3 Å². The van der Waals surface area contributed by atoms with E-state index in [0.717, 1.165) is 68.6 Å². The Balaban J connectivity index is 1.85. The minimum absolute atomic E-state index is 0.00200. The molecule has 1 saturated heterocycles. The van der Waals surface area contributed by atoms with Gasteiger partial charge in [0.15, 0.2) is 12.3 Å². The predicted octanol–water partition coefficient (Wildman–Crippen LogP) is 9.41. The van der Waals surface area contributed by atoms with Crippen LogP contribution in [0.5, 0.6) is 0 Å². The maximum absolute atomic E-state index is 12.9. The number of unbranched alkanes of at least 4 members (excludes halogenated alkanes) is 8. The van der Waals surface area contributed by atoms with Gasteiger partial charge in [0.2, 0.25) is 0 Å². The lowest BCUT2D eigenvalue weighted by Gasteiger charge is -2.21. The van der Waals surface area contributed by atoms with Crippen molar-refractivity contribution in [2.24, 2.45) is 0 Å². The molecule has 1 aliphatic rings. The third-order valence-corrected chi connectivity index (χ3v) is 13.3. The molecule has 0 saturated carbocycles. The predicted molar refractivity (Wildman–Crippen MR) is 281 cm³/mol. The summed E-state index contributed by atoms with van der Waals surface area (Å²) in [5.41, 5.74) is 4.57. The normalized spacial score (nSPS) is 20.2. The van der Waals surface area contributed by atoms with Gasteiger partial charge in [0.05, 0.1) is 19.3 Å². The highest BCUT2D eigenvalue weighted by Gasteiger charge is 2.46. The molecule has 19 nitrogen and oxygen atoms in total. The lowest BCUT2D eigenvalue weighted by atomic mass is 10.1. The molecule has 0 aliphatic carbocycles. The summed E-state index contributed by atoms with van der Waals surface area (Å²) in [6.07, 6.45) is 39.7. The van der Waals surface area contributed by atoms with Crippen LogP contribution in [0.15, 0.2) is 114 Å². The minimum Gasteiger partial charge on any atom is -0.462 e. The average Bonchev–Trinajstić information content (AvgIpc) is 3.62. The van der Waals surface area contributed by atoms with Crippen molar-refractivity contribution in [1.82, 2.24) is 9.55 Å². The molecule has 2 heterocycles. The molecule has 0 amide bonds. The highest BCUT2D eigenvalue weighted by atomic mass is 31.3. The zero-order valence-electron chi connectivity index (χ0n) is 42.5. The Bertz CT molecular complexity index is 2120. The minimum atomic E-state index is -5.45. The van der Waals surface area contributed by atoms with Crippen molar-refractivity contribution in [3.8, 4) is 0 Å². The number of ether oxygens (including phenoxy) is 3. The molecule has 21 heteroatoms. The highest BCUT2D eigenvalue weighted by Crippen LogP contribution is 2.60. The van der Waals surface area contributed by atoms with Gasteiger partial charge in [-0.25, -0.2) is 13.9 Å². The number of phosphoric ester groups is 2. The Labute approximate surface area is 431 Å². The van der Waals surface area contributed by atoms with E-state index in [1.807, 2.05) is 61.6 Å². The van der Waals surface area contributed by atoms with E-state index in [9.17, 15) is 48.6 Å². The lowest BCUT2D eigenvalue weighted by molar-refractivity contribution is -0.161. The fraction of sp³-hybridized carbons (Fsp3) is 0.577. The van der Waals surface area contributed by atoms with Crippen LogP contribution in [0.3, 0.4) is 0 Å². The van der Waals surface area contributed by atoms with Crippen LogP contribution in [0, 0.1) is 0 Å². The number of nitrogen functional groups attached to an aromatic ring is 1. The third kappa shape index (κ3) is 31.9. The molecule has 1 aromatic heterocycles. The Morgan fingerprint density at radius 3 is 1.96 bits per heavy atom. The second-order valence-electron chi connectivity index (χ2n) is 17.1. The molecule has 0 aromatic carbocycles. The van der Waals surface area contributed by atoms with Crippen LogP contribution in [0.25, 0.3) is 0 Å². The van der Waals surface area contributed by atoms with Crippen LogP contribution < -0.4 is 11.4 Å². The number of aliphatic hydroxyl groups is 3. The number of hydrogen-bond acceptors (Lipinski definition) is 16. The van der Waals surface area contributed by atoms with Crippen molar-refractivity contribution >= 4 is 33.4 Å². The first-order valence-corrected chi connectivity index (χ1v) is 28.3. The Morgan fingerprint density at radius 1 is 0.740 bits per heavy atom.